The molecular weight excluding hydrogens is 98.5 g/mol. The van der Waals surface area contributed by atoms with Crippen LogP contribution in [0.1, 0.15) is 0 Å². The van der Waals surface area contributed by atoms with Crippen molar-refractivity contribution in [1.82, 2.24) is 5.23 Å². The summed E-state index contributed by atoms with van der Waals surface area (Å²) in [6, 6.07) is 0. The van der Waals surface area contributed by atoms with Crippen LogP contribution in [0.5, 0.6) is 0 Å². The predicted octanol–water partition coefficient (Wildman–Crippen LogP) is -2.09. The van der Waals surface area contributed by atoms with Crippen molar-refractivity contribution < 1.29 is 4.79 Å². The topological polar surface area (TPSA) is 29.1 Å². The largest absolute Gasteiger partial charge is 0.407 e. The first-order chi connectivity index (χ1) is 3.81. The molecule has 0 heterocycles. The van der Waals surface area contributed by atoms with E-state index in [1.54, 1.807) is 7.98 Å². The zero-order chi connectivity index (χ0) is 6.41. The molecule has 2 nitrogen and oxygen atoms in total. The predicted molar refractivity (Wildman–Crippen MR) is 41.7 cm³/mol. The molecule has 0 unspecified atom stereocenters. The maximum atomic E-state index is 10.5. The van der Waals surface area contributed by atoms with Gasteiger partial charge in [-0.1, -0.05) is 6.82 Å². The summed E-state index contributed by atoms with van der Waals surface area (Å²) in [5.41, 5.74) is 0. The van der Waals surface area contributed by atoms with Crippen molar-refractivity contribution >= 4 is 28.2 Å². The van der Waals surface area contributed by atoms with E-state index in [9.17, 15) is 4.79 Å². The molecule has 1 amide bonds. The summed E-state index contributed by atoms with van der Waals surface area (Å²) in [6.07, 6.45) is 0.674. The Morgan fingerprint density at radius 3 is 2.88 bits per heavy atom. The van der Waals surface area contributed by atoms with Crippen LogP contribution in [-0.2, 0) is 4.79 Å². The Labute approximate surface area is 52.3 Å². The van der Waals surface area contributed by atoms with Crippen LogP contribution in [0.4, 0.5) is 0 Å². The number of hydrogen-bond donors (Lipinski definition) is 1. The molecule has 0 spiro atoms. The van der Waals surface area contributed by atoms with Gasteiger partial charge in [0, 0.05) is 0 Å². The fourth-order valence-corrected chi connectivity index (χ4v) is 0.462. The monoisotopic (exact) mass is 109 g/mol. The van der Waals surface area contributed by atoms with Crippen molar-refractivity contribution in [2.75, 3.05) is 0 Å². The van der Waals surface area contributed by atoms with E-state index in [0.29, 0.717) is 6.32 Å². The van der Waals surface area contributed by atoms with Gasteiger partial charge in [-0.05, 0) is 6.32 Å². The van der Waals surface area contributed by atoms with E-state index in [2.05, 4.69) is 12.1 Å². The Morgan fingerprint density at radius 1 is 1.88 bits per heavy atom. The van der Waals surface area contributed by atoms with Crippen LogP contribution in [0.15, 0.2) is 0 Å². The van der Waals surface area contributed by atoms with Crippen LogP contribution in [0.2, 0.25) is 13.1 Å². The highest BCUT2D eigenvalue weighted by molar-refractivity contribution is 7.01. The van der Waals surface area contributed by atoms with Crippen LogP contribution in [0, 0.1) is 0 Å². The van der Waals surface area contributed by atoms with Gasteiger partial charge >= 0.3 is 0 Å². The van der Waals surface area contributed by atoms with Crippen LogP contribution < -0.4 is 5.23 Å². The van der Waals surface area contributed by atoms with Crippen molar-refractivity contribution in [2.24, 2.45) is 0 Å². The molecule has 0 atom stereocenters. The van der Waals surface area contributed by atoms with Gasteiger partial charge in [0.05, 0.1) is 14.3 Å². The second kappa shape index (κ2) is 4.81. The van der Waals surface area contributed by atoms with E-state index in [4.69, 9.17) is 0 Å². The number of carbonyl (C=O) groups is 1. The summed E-state index contributed by atoms with van der Waals surface area (Å²) in [6.45, 7) is 2.07. The zero-order valence-electron chi connectivity index (χ0n) is 5.53. The summed E-state index contributed by atoms with van der Waals surface area (Å²) in [7, 11) is 3.76. The maximum Gasteiger partial charge on any atom is 0.217 e. The molecule has 0 rings (SSSR count). The second-order valence-corrected chi connectivity index (χ2v) is 1.78. The summed E-state index contributed by atoms with van der Waals surface area (Å²) in [5, 5.41) is 2.56. The minimum absolute atomic E-state index is 0.145. The van der Waals surface area contributed by atoms with Gasteiger partial charge < -0.3 is 5.23 Å². The minimum Gasteiger partial charge on any atom is -0.407 e. The number of nitrogens with one attached hydrogen (secondary N) is 1. The van der Waals surface area contributed by atoms with Crippen LogP contribution in [0.3, 0.4) is 0 Å². The summed E-state index contributed by atoms with van der Waals surface area (Å²) in [4.78, 5) is 10.5. The first-order valence-electron chi connectivity index (χ1n) is 3.01. The summed E-state index contributed by atoms with van der Waals surface area (Å²) >= 11 is 0. The van der Waals surface area contributed by atoms with E-state index in [0.717, 1.165) is 14.3 Å². The minimum atomic E-state index is 0.145. The van der Waals surface area contributed by atoms with Gasteiger partial charge in [-0.3, -0.25) is 4.79 Å². The average Bonchev–Trinajstić information content (AvgIpc) is 1.83. The SMILES string of the molecule is BNC(=O)CBBC. The third-order valence-corrected chi connectivity index (χ3v) is 1.04. The number of amides is 1. The molecule has 1 N–H and O–H groups in total. The molecule has 0 saturated carbocycles. The van der Waals surface area contributed by atoms with Gasteiger partial charge in [-0.15, -0.1) is 0 Å². The first-order valence-corrected chi connectivity index (χ1v) is 3.01. The Kier molecular flexibility index (Phi) is 4.61. The van der Waals surface area contributed by atoms with Gasteiger partial charge in [0.1, 0.15) is 0 Å². The Hall–Kier alpha value is -0.335. The maximum absolute atomic E-state index is 10.5. The van der Waals surface area contributed by atoms with Crippen molar-refractivity contribution in [3.8, 4) is 0 Å². The molecular formula is C3H10B3NO. The lowest BCUT2D eigenvalue weighted by Gasteiger charge is -1.92. The highest BCUT2D eigenvalue weighted by atomic mass is 16.1. The Bertz CT molecular complexity index is 76.9. The number of hydrogen-bond acceptors (Lipinski definition) is 1. The molecule has 0 aliphatic carbocycles. The lowest BCUT2D eigenvalue weighted by atomic mass is 9.39. The molecule has 0 fully saturated rings. The summed E-state index contributed by atoms with van der Waals surface area (Å²) in [5.74, 6) is 0.145. The molecule has 42 valence electrons. The molecule has 8 heavy (non-hydrogen) atoms. The molecule has 0 saturated heterocycles. The fourth-order valence-electron chi connectivity index (χ4n) is 0.462. The van der Waals surface area contributed by atoms with Gasteiger partial charge in [0.15, 0.2) is 5.91 Å². The summed E-state index contributed by atoms with van der Waals surface area (Å²) < 4.78 is 0. The lowest BCUT2D eigenvalue weighted by Crippen LogP contribution is -2.21. The molecule has 0 radical (unpaired) electrons. The van der Waals surface area contributed by atoms with Crippen LogP contribution >= 0.6 is 0 Å². The van der Waals surface area contributed by atoms with Crippen molar-refractivity contribution in [3.05, 3.63) is 0 Å². The molecule has 0 aromatic rings. The van der Waals surface area contributed by atoms with Gasteiger partial charge in [-0.25, -0.2) is 0 Å². The molecule has 0 bridgehead atoms. The third-order valence-electron chi connectivity index (χ3n) is 1.04. The second-order valence-electron chi connectivity index (χ2n) is 1.78. The fraction of sp³-hybridized carbons (Fsp3) is 0.667. The standard InChI is InChI=1S/C3H10B3NO/c1-5-6-2-3(8)7-4/h5-6H,2,4H2,1H3,(H,7,8). The highest BCUT2D eigenvalue weighted by Gasteiger charge is 1.95. The van der Waals surface area contributed by atoms with Crippen molar-refractivity contribution in [1.29, 1.82) is 0 Å². The molecule has 5 heteroatoms. The van der Waals surface area contributed by atoms with Gasteiger partial charge in [0.25, 0.3) is 0 Å². The van der Waals surface area contributed by atoms with Crippen molar-refractivity contribution in [2.45, 2.75) is 13.1 Å². The lowest BCUT2D eigenvalue weighted by molar-refractivity contribution is -0.117. The van der Waals surface area contributed by atoms with E-state index >= 15 is 0 Å². The van der Waals surface area contributed by atoms with Crippen LogP contribution in [0.25, 0.3) is 0 Å². The molecule has 0 aliphatic rings. The van der Waals surface area contributed by atoms with E-state index in [-0.39, 0.29) is 5.91 Å². The van der Waals surface area contributed by atoms with E-state index in [1.807, 2.05) is 0 Å². The smallest absolute Gasteiger partial charge is 0.217 e. The van der Waals surface area contributed by atoms with Gasteiger partial charge in [0.2, 0.25) is 7.98 Å². The Morgan fingerprint density at radius 2 is 2.50 bits per heavy atom. The number of rotatable bonds is 3. The zero-order valence-corrected chi connectivity index (χ0v) is 5.53. The van der Waals surface area contributed by atoms with E-state index < -0.39 is 0 Å². The van der Waals surface area contributed by atoms with E-state index in [1.165, 1.54) is 0 Å². The normalized spacial score (nSPS) is 7.62. The average molecular weight is 109 g/mol. The molecule has 0 aromatic heterocycles. The van der Waals surface area contributed by atoms with Crippen molar-refractivity contribution in [3.63, 3.8) is 0 Å². The molecule has 0 aromatic carbocycles. The quantitative estimate of drug-likeness (QED) is 0.413. The van der Waals surface area contributed by atoms with Gasteiger partial charge in [-0.2, -0.15) is 0 Å². The third kappa shape index (κ3) is 3.84. The number of carbonyl (C=O) groups excluding carboxylic acids is 1. The highest BCUT2D eigenvalue weighted by Crippen LogP contribution is 1.73. The first kappa shape index (κ1) is 7.66. The van der Waals surface area contributed by atoms with Crippen LogP contribution in [-0.4, -0.2) is 28.2 Å². The Balaban J connectivity index is 2.99. The molecule has 0 aliphatic heterocycles.